The number of halogens is 1. The molecule has 1 aromatic heterocycles. The summed E-state index contributed by atoms with van der Waals surface area (Å²) in [6.07, 6.45) is 0.881. The molecule has 0 radical (unpaired) electrons. The number of thiophene rings is 1. The van der Waals surface area contributed by atoms with Gasteiger partial charge < -0.3 is 0 Å². The molecule has 3 heteroatoms. The first-order chi connectivity index (χ1) is 7.20. The highest BCUT2D eigenvalue weighted by Crippen LogP contribution is 2.32. The van der Waals surface area contributed by atoms with Crippen LogP contribution in [-0.2, 0) is 0 Å². The molecule has 2 rings (SSSR count). The predicted molar refractivity (Wildman–Crippen MR) is 64.9 cm³/mol. The highest BCUT2D eigenvalue weighted by Gasteiger charge is 2.07. The van der Waals surface area contributed by atoms with Gasteiger partial charge in [-0.2, -0.15) is 0 Å². The summed E-state index contributed by atoms with van der Waals surface area (Å²) in [7, 11) is 0. The highest BCUT2D eigenvalue weighted by molar-refractivity contribution is 7.17. The first kappa shape index (κ1) is 10.4. The Hall–Kier alpha value is -1.12. The van der Waals surface area contributed by atoms with Crippen molar-refractivity contribution in [2.24, 2.45) is 0 Å². The molecule has 0 N–H and O–H groups in total. The van der Waals surface area contributed by atoms with E-state index in [9.17, 15) is 4.79 Å². The van der Waals surface area contributed by atoms with Gasteiger partial charge in [0.05, 0.1) is 4.88 Å². The van der Waals surface area contributed by atoms with Crippen molar-refractivity contribution < 1.29 is 4.79 Å². The van der Waals surface area contributed by atoms with E-state index in [2.05, 4.69) is 0 Å². The summed E-state index contributed by atoms with van der Waals surface area (Å²) >= 11 is 7.42. The monoisotopic (exact) mass is 236 g/mol. The quantitative estimate of drug-likeness (QED) is 0.715. The summed E-state index contributed by atoms with van der Waals surface area (Å²) in [5.74, 6) is 0. The van der Waals surface area contributed by atoms with E-state index in [1.54, 1.807) is 0 Å². The molecule has 15 heavy (non-hydrogen) atoms. The van der Waals surface area contributed by atoms with Gasteiger partial charge in [-0.1, -0.05) is 23.7 Å². The van der Waals surface area contributed by atoms with Gasteiger partial charge in [-0.05, 0) is 36.2 Å². The second kappa shape index (κ2) is 4.17. The highest BCUT2D eigenvalue weighted by atomic mass is 35.5. The zero-order chi connectivity index (χ0) is 10.8. The number of hydrogen-bond donors (Lipinski definition) is 0. The maximum absolute atomic E-state index is 10.7. The normalized spacial score (nSPS) is 10.3. The van der Waals surface area contributed by atoms with Crippen LogP contribution in [0.4, 0.5) is 0 Å². The third-order valence-corrected chi connectivity index (χ3v) is 3.59. The molecular weight excluding hydrogens is 228 g/mol. The third-order valence-electron chi connectivity index (χ3n) is 2.14. The molecule has 0 aliphatic heterocycles. The van der Waals surface area contributed by atoms with E-state index in [0.29, 0.717) is 5.02 Å². The number of aryl methyl sites for hydroxylation is 1. The summed E-state index contributed by atoms with van der Waals surface area (Å²) in [5, 5.41) is 0.716. The summed E-state index contributed by atoms with van der Waals surface area (Å²) < 4.78 is 0. The molecule has 0 aliphatic rings. The SMILES string of the molecule is Cc1cc(C=O)sc1-c1cccc(Cl)c1. The van der Waals surface area contributed by atoms with E-state index in [1.807, 2.05) is 37.3 Å². The minimum atomic E-state index is 0.716. The minimum absolute atomic E-state index is 0.716. The average molecular weight is 237 g/mol. The molecule has 0 fully saturated rings. The second-order valence-electron chi connectivity index (χ2n) is 3.29. The van der Waals surface area contributed by atoms with Crippen LogP contribution < -0.4 is 0 Å². The summed E-state index contributed by atoms with van der Waals surface area (Å²) in [4.78, 5) is 12.5. The number of carbonyl (C=O) groups excluding carboxylic acids is 1. The van der Waals surface area contributed by atoms with Crippen LogP contribution in [0.5, 0.6) is 0 Å². The number of rotatable bonds is 2. The van der Waals surface area contributed by atoms with Crippen molar-refractivity contribution in [3.63, 3.8) is 0 Å². The van der Waals surface area contributed by atoms with Crippen molar-refractivity contribution in [2.45, 2.75) is 6.92 Å². The summed E-state index contributed by atoms with van der Waals surface area (Å²) in [6, 6.07) is 9.56. The van der Waals surface area contributed by atoms with Crippen LogP contribution in [-0.4, -0.2) is 6.29 Å². The molecule has 1 nitrogen and oxygen atoms in total. The molecule has 2 aromatic rings. The van der Waals surface area contributed by atoms with Gasteiger partial charge in [-0.15, -0.1) is 11.3 Å². The number of hydrogen-bond acceptors (Lipinski definition) is 2. The standard InChI is InChI=1S/C12H9ClOS/c1-8-5-11(7-14)15-12(8)9-3-2-4-10(13)6-9/h2-7H,1H3. The largest absolute Gasteiger partial charge is 0.297 e. The lowest BCUT2D eigenvalue weighted by atomic mass is 10.1. The van der Waals surface area contributed by atoms with Crippen molar-refractivity contribution in [3.8, 4) is 10.4 Å². The van der Waals surface area contributed by atoms with E-state index >= 15 is 0 Å². The smallest absolute Gasteiger partial charge is 0.160 e. The molecular formula is C12H9ClOS. The zero-order valence-corrected chi connectivity index (χ0v) is 9.73. The molecule has 0 aliphatic carbocycles. The molecule has 0 saturated heterocycles. The Morgan fingerprint density at radius 1 is 1.33 bits per heavy atom. The van der Waals surface area contributed by atoms with Gasteiger partial charge in [0, 0.05) is 9.90 Å². The van der Waals surface area contributed by atoms with Gasteiger partial charge in [0.15, 0.2) is 6.29 Å². The van der Waals surface area contributed by atoms with Crippen LogP contribution in [0, 0.1) is 6.92 Å². The lowest BCUT2D eigenvalue weighted by Gasteiger charge is -1.99. The Bertz CT molecular complexity index is 502. The van der Waals surface area contributed by atoms with E-state index in [0.717, 1.165) is 27.2 Å². The van der Waals surface area contributed by atoms with Crippen LogP contribution in [0.3, 0.4) is 0 Å². The van der Waals surface area contributed by atoms with Gasteiger partial charge in [-0.25, -0.2) is 0 Å². The fraction of sp³-hybridized carbons (Fsp3) is 0.0833. The van der Waals surface area contributed by atoms with Crippen LogP contribution in [0.1, 0.15) is 15.2 Å². The molecule has 76 valence electrons. The van der Waals surface area contributed by atoms with Gasteiger partial charge in [0.1, 0.15) is 0 Å². The number of benzene rings is 1. The van der Waals surface area contributed by atoms with Gasteiger partial charge in [-0.3, -0.25) is 4.79 Å². The van der Waals surface area contributed by atoms with Gasteiger partial charge >= 0.3 is 0 Å². The molecule has 0 atom stereocenters. The molecule has 0 saturated carbocycles. The second-order valence-corrected chi connectivity index (χ2v) is 4.81. The fourth-order valence-electron chi connectivity index (χ4n) is 1.48. The zero-order valence-electron chi connectivity index (χ0n) is 8.16. The maximum Gasteiger partial charge on any atom is 0.160 e. The van der Waals surface area contributed by atoms with Crippen molar-refractivity contribution in [1.82, 2.24) is 0 Å². The summed E-state index contributed by atoms with van der Waals surface area (Å²) in [6.45, 7) is 2.00. The molecule has 0 amide bonds. The van der Waals surface area contributed by atoms with Gasteiger partial charge in [0.25, 0.3) is 0 Å². The maximum atomic E-state index is 10.7. The Kier molecular flexibility index (Phi) is 2.89. The third kappa shape index (κ3) is 2.11. The lowest BCUT2D eigenvalue weighted by molar-refractivity contribution is 0.112. The fourth-order valence-corrected chi connectivity index (χ4v) is 2.66. The van der Waals surface area contributed by atoms with Crippen molar-refractivity contribution in [2.75, 3.05) is 0 Å². The van der Waals surface area contributed by atoms with Gasteiger partial charge in [0.2, 0.25) is 0 Å². The van der Waals surface area contributed by atoms with E-state index in [1.165, 1.54) is 11.3 Å². The number of carbonyl (C=O) groups is 1. The molecule has 0 unspecified atom stereocenters. The Labute approximate surface area is 97.3 Å². The van der Waals surface area contributed by atoms with E-state index in [-0.39, 0.29) is 0 Å². The Morgan fingerprint density at radius 3 is 2.73 bits per heavy atom. The van der Waals surface area contributed by atoms with Crippen LogP contribution in [0.25, 0.3) is 10.4 Å². The van der Waals surface area contributed by atoms with E-state index < -0.39 is 0 Å². The average Bonchev–Trinajstić information content (AvgIpc) is 2.60. The number of aldehydes is 1. The van der Waals surface area contributed by atoms with Crippen LogP contribution >= 0.6 is 22.9 Å². The molecule has 1 aromatic carbocycles. The lowest BCUT2D eigenvalue weighted by Crippen LogP contribution is -1.74. The summed E-state index contributed by atoms with van der Waals surface area (Å²) in [5.41, 5.74) is 2.18. The van der Waals surface area contributed by atoms with Crippen LogP contribution in [0.15, 0.2) is 30.3 Å². The first-order valence-electron chi connectivity index (χ1n) is 4.52. The Balaban J connectivity index is 2.53. The molecule has 0 spiro atoms. The predicted octanol–water partition coefficient (Wildman–Crippen LogP) is 4.19. The molecule has 1 heterocycles. The minimum Gasteiger partial charge on any atom is -0.297 e. The molecule has 0 bridgehead atoms. The Morgan fingerprint density at radius 2 is 2.13 bits per heavy atom. The van der Waals surface area contributed by atoms with Crippen molar-refractivity contribution in [3.05, 3.63) is 45.8 Å². The van der Waals surface area contributed by atoms with E-state index in [4.69, 9.17) is 11.6 Å². The first-order valence-corrected chi connectivity index (χ1v) is 5.71. The van der Waals surface area contributed by atoms with Crippen molar-refractivity contribution >= 4 is 29.2 Å². The van der Waals surface area contributed by atoms with Crippen LogP contribution in [0.2, 0.25) is 5.02 Å². The topological polar surface area (TPSA) is 17.1 Å². The van der Waals surface area contributed by atoms with Crippen molar-refractivity contribution in [1.29, 1.82) is 0 Å².